The molecule has 2 heterocycles. The summed E-state index contributed by atoms with van der Waals surface area (Å²) >= 11 is 0. The standard InChI is InChI=1S/C56H37N3/c1-4-16-38(17-5-1)39-28-30-40(31-29-39)49-37-53(57-51-26-14-12-24-47(49)51)50-36-42-18-10-11-23-46(42)54-48-25-13-15-27-52(48)58-56(55(50)54)41-32-34-45(35-33-41)59(43-19-6-2-7-20-43)44-21-8-3-9-22-44/h1-37H. The summed E-state index contributed by atoms with van der Waals surface area (Å²) in [6.45, 7) is 0. The van der Waals surface area contributed by atoms with Gasteiger partial charge in [0.25, 0.3) is 0 Å². The largest absolute Gasteiger partial charge is 0.311 e. The second-order valence-electron chi connectivity index (χ2n) is 14.9. The topological polar surface area (TPSA) is 29.0 Å². The number of hydrogen-bond donors (Lipinski definition) is 0. The van der Waals surface area contributed by atoms with E-state index in [1.54, 1.807) is 0 Å². The number of rotatable bonds is 7. The maximum absolute atomic E-state index is 5.50. The van der Waals surface area contributed by atoms with Gasteiger partial charge in [-0.1, -0.05) is 164 Å². The van der Waals surface area contributed by atoms with E-state index in [4.69, 9.17) is 9.97 Å². The Balaban J connectivity index is 1.15. The lowest BCUT2D eigenvalue weighted by atomic mass is 9.89. The molecule has 0 saturated carbocycles. The minimum Gasteiger partial charge on any atom is -0.311 e. The van der Waals surface area contributed by atoms with Crippen molar-refractivity contribution in [3.8, 4) is 44.8 Å². The molecule has 59 heavy (non-hydrogen) atoms. The Morgan fingerprint density at radius 2 is 0.797 bits per heavy atom. The van der Waals surface area contributed by atoms with Gasteiger partial charge >= 0.3 is 0 Å². The van der Waals surface area contributed by atoms with Crippen LogP contribution in [0.25, 0.3) is 88.1 Å². The van der Waals surface area contributed by atoms with Gasteiger partial charge in [-0.2, -0.15) is 0 Å². The van der Waals surface area contributed by atoms with Crippen LogP contribution in [0.15, 0.2) is 224 Å². The van der Waals surface area contributed by atoms with Crippen molar-refractivity contribution in [3.05, 3.63) is 224 Å². The first-order chi connectivity index (χ1) is 29.3. The lowest BCUT2D eigenvalue weighted by Gasteiger charge is -2.25. The SMILES string of the molecule is c1ccc(-c2ccc(-c3cc(-c4cc5ccccc5c5c4c(-c4ccc(N(c6ccccc6)c6ccccc6)cc4)nc4ccccc45)nc4ccccc34)cc2)cc1. The normalized spacial score (nSPS) is 11.4. The number of fused-ring (bicyclic) bond motifs is 6. The van der Waals surface area contributed by atoms with Crippen LogP contribution in [0.3, 0.4) is 0 Å². The Morgan fingerprint density at radius 3 is 1.47 bits per heavy atom. The van der Waals surface area contributed by atoms with Gasteiger partial charge in [-0.3, -0.25) is 0 Å². The second-order valence-corrected chi connectivity index (χ2v) is 14.9. The van der Waals surface area contributed by atoms with Gasteiger partial charge in [0.1, 0.15) is 0 Å². The molecule has 0 radical (unpaired) electrons. The number of hydrogen-bond acceptors (Lipinski definition) is 3. The van der Waals surface area contributed by atoms with Gasteiger partial charge in [-0.25, -0.2) is 9.97 Å². The predicted octanol–water partition coefficient (Wildman–Crippen LogP) is 15.2. The first kappa shape index (κ1) is 34.4. The van der Waals surface area contributed by atoms with Crippen LogP contribution in [0.2, 0.25) is 0 Å². The maximum Gasteiger partial charge on any atom is 0.0795 e. The first-order valence-corrected chi connectivity index (χ1v) is 20.1. The third kappa shape index (κ3) is 6.17. The van der Waals surface area contributed by atoms with Crippen LogP contribution in [-0.2, 0) is 0 Å². The smallest absolute Gasteiger partial charge is 0.0795 e. The lowest BCUT2D eigenvalue weighted by molar-refractivity contribution is 1.28. The number of para-hydroxylation sites is 4. The molecule has 3 nitrogen and oxygen atoms in total. The maximum atomic E-state index is 5.50. The first-order valence-electron chi connectivity index (χ1n) is 20.1. The quantitative estimate of drug-likeness (QED) is 0.152. The molecule has 0 aliphatic rings. The monoisotopic (exact) mass is 751 g/mol. The highest BCUT2D eigenvalue weighted by atomic mass is 15.1. The van der Waals surface area contributed by atoms with Gasteiger partial charge in [0, 0.05) is 49.7 Å². The molecule has 9 aromatic carbocycles. The lowest BCUT2D eigenvalue weighted by Crippen LogP contribution is -2.09. The van der Waals surface area contributed by atoms with E-state index in [-0.39, 0.29) is 0 Å². The van der Waals surface area contributed by atoms with Gasteiger partial charge in [0.2, 0.25) is 0 Å². The molecule has 0 saturated heterocycles. The summed E-state index contributed by atoms with van der Waals surface area (Å²) in [5.74, 6) is 0. The zero-order valence-corrected chi connectivity index (χ0v) is 32.2. The third-order valence-electron chi connectivity index (χ3n) is 11.4. The van der Waals surface area contributed by atoms with Crippen molar-refractivity contribution < 1.29 is 0 Å². The van der Waals surface area contributed by atoms with Crippen molar-refractivity contribution in [1.29, 1.82) is 0 Å². The molecule has 0 spiro atoms. The van der Waals surface area contributed by atoms with E-state index >= 15 is 0 Å². The fourth-order valence-electron chi connectivity index (χ4n) is 8.64. The average Bonchev–Trinajstić information content (AvgIpc) is 3.32. The van der Waals surface area contributed by atoms with Crippen LogP contribution in [0, 0.1) is 0 Å². The van der Waals surface area contributed by atoms with Crippen molar-refractivity contribution in [2.75, 3.05) is 4.90 Å². The molecule has 0 unspecified atom stereocenters. The van der Waals surface area contributed by atoms with Crippen LogP contribution in [0.4, 0.5) is 17.1 Å². The average molecular weight is 752 g/mol. The van der Waals surface area contributed by atoms with E-state index in [9.17, 15) is 0 Å². The Labute approximate surface area is 343 Å². The minimum atomic E-state index is 0.913. The minimum absolute atomic E-state index is 0.913. The Hall–Kier alpha value is -7.88. The van der Waals surface area contributed by atoms with Gasteiger partial charge in [-0.15, -0.1) is 0 Å². The zero-order valence-electron chi connectivity index (χ0n) is 32.2. The number of nitrogens with zero attached hydrogens (tertiary/aromatic N) is 3. The van der Waals surface area contributed by atoms with Crippen molar-refractivity contribution in [3.63, 3.8) is 0 Å². The van der Waals surface area contributed by atoms with Crippen LogP contribution < -0.4 is 4.90 Å². The van der Waals surface area contributed by atoms with E-state index in [1.807, 2.05) is 0 Å². The second kappa shape index (κ2) is 14.6. The fourth-order valence-corrected chi connectivity index (χ4v) is 8.64. The summed E-state index contributed by atoms with van der Waals surface area (Å²) in [6, 6.07) is 79.8. The molecule has 0 aliphatic carbocycles. The molecule has 11 rings (SSSR count). The van der Waals surface area contributed by atoms with Gasteiger partial charge in [-0.05, 0) is 93.7 Å². The van der Waals surface area contributed by atoms with Gasteiger partial charge in [0.05, 0.1) is 22.4 Å². The van der Waals surface area contributed by atoms with Crippen LogP contribution in [0.5, 0.6) is 0 Å². The van der Waals surface area contributed by atoms with Crippen molar-refractivity contribution >= 4 is 60.4 Å². The van der Waals surface area contributed by atoms with E-state index in [0.29, 0.717) is 0 Å². The highest BCUT2D eigenvalue weighted by Gasteiger charge is 2.21. The van der Waals surface area contributed by atoms with E-state index in [1.165, 1.54) is 21.9 Å². The molecule has 276 valence electrons. The van der Waals surface area contributed by atoms with Crippen LogP contribution in [0.1, 0.15) is 0 Å². The highest BCUT2D eigenvalue weighted by molar-refractivity contribution is 6.26. The molecule has 3 heteroatoms. The summed E-state index contributed by atoms with van der Waals surface area (Å²) in [5.41, 5.74) is 13.8. The summed E-state index contributed by atoms with van der Waals surface area (Å²) in [5, 5.41) is 6.87. The highest BCUT2D eigenvalue weighted by Crippen LogP contribution is 2.45. The zero-order chi connectivity index (χ0) is 39.1. The predicted molar refractivity (Wildman–Crippen MR) is 248 cm³/mol. The Kier molecular flexibility index (Phi) is 8.49. The molecule has 2 aromatic heterocycles. The number of anilines is 3. The molecule has 11 aromatic rings. The molecule has 0 aliphatic heterocycles. The number of benzene rings is 9. The van der Waals surface area contributed by atoms with E-state index in [0.717, 1.165) is 83.3 Å². The summed E-state index contributed by atoms with van der Waals surface area (Å²) < 4.78 is 0. The van der Waals surface area contributed by atoms with Crippen LogP contribution >= 0.6 is 0 Å². The van der Waals surface area contributed by atoms with Crippen molar-refractivity contribution in [1.82, 2.24) is 9.97 Å². The summed E-state index contributed by atoms with van der Waals surface area (Å²) in [7, 11) is 0. The molecular weight excluding hydrogens is 715 g/mol. The molecule has 0 amide bonds. The van der Waals surface area contributed by atoms with E-state index < -0.39 is 0 Å². The molecule has 0 N–H and O–H groups in total. The molecule has 0 fully saturated rings. The van der Waals surface area contributed by atoms with Crippen molar-refractivity contribution in [2.45, 2.75) is 0 Å². The molecular formula is C56H37N3. The fraction of sp³-hybridized carbons (Fsp3) is 0. The number of pyridine rings is 2. The Bertz CT molecular complexity index is 3230. The Morgan fingerprint density at radius 1 is 0.305 bits per heavy atom. The van der Waals surface area contributed by atoms with E-state index in [2.05, 4.69) is 229 Å². The molecule has 0 bridgehead atoms. The van der Waals surface area contributed by atoms with Crippen LogP contribution in [-0.4, -0.2) is 9.97 Å². The van der Waals surface area contributed by atoms with Gasteiger partial charge < -0.3 is 4.90 Å². The third-order valence-corrected chi connectivity index (χ3v) is 11.4. The summed E-state index contributed by atoms with van der Waals surface area (Å²) in [4.78, 5) is 13.2. The number of aromatic nitrogens is 2. The molecule has 0 atom stereocenters. The van der Waals surface area contributed by atoms with Gasteiger partial charge in [0.15, 0.2) is 0 Å². The summed E-state index contributed by atoms with van der Waals surface area (Å²) in [6.07, 6.45) is 0. The van der Waals surface area contributed by atoms with Crippen molar-refractivity contribution in [2.24, 2.45) is 0 Å².